The predicted octanol–water partition coefficient (Wildman–Crippen LogP) is 1.52. The van der Waals surface area contributed by atoms with E-state index in [1.807, 2.05) is 35.2 Å². The third-order valence-electron chi connectivity index (χ3n) is 4.26. The van der Waals surface area contributed by atoms with Gasteiger partial charge < -0.3 is 19.3 Å². The van der Waals surface area contributed by atoms with Crippen molar-refractivity contribution in [2.24, 2.45) is 0 Å². The maximum absolute atomic E-state index is 12.8. The van der Waals surface area contributed by atoms with Gasteiger partial charge in [-0.05, 0) is 5.56 Å². The lowest BCUT2D eigenvalue weighted by Crippen LogP contribution is -2.50. The molecule has 2 aromatic rings. The summed E-state index contributed by atoms with van der Waals surface area (Å²) in [5, 5.41) is 0. The number of nitrogens with zero attached hydrogens (tertiary/aromatic N) is 4. The van der Waals surface area contributed by atoms with Crippen LogP contribution in [-0.2, 0) is 9.53 Å². The lowest BCUT2D eigenvalue weighted by Gasteiger charge is -2.36. The fourth-order valence-corrected chi connectivity index (χ4v) is 2.90. The molecule has 25 heavy (non-hydrogen) atoms. The minimum absolute atomic E-state index is 0.0140. The van der Waals surface area contributed by atoms with E-state index in [0.717, 1.165) is 5.56 Å². The van der Waals surface area contributed by atoms with Gasteiger partial charge >= 0.3 is 0 Å². The second-order valence-corrected chi connectivity index (χ2v) is 5.74. The number of carbonyl (C=O) groups is 1. The molecule has 0 N–H and O–H groups in total. The van der Waals surface area contributed by atoms with Crippen LogP contribution in [0.4, 0.5) is 5.95 Å². The van der Waals surface area contributed by atoms with Gasteiger partial charge in [0.25, 0.3) is 5.91 Å². The Bertz CT molecular complexity index is 702. The first kappa shape index (κ1) is 17.2. The molecule has 0 unspecified atom stereocenters. The van der Waals surface area contributed by atoms with E-state index in [9.17, 15) is 4.79 Å². The highest BCUT2D eigenvalue weighted by Gasteiger charge is 2.29. The first-order valence-corrected chi connectivity index (χ1v) is 8.21. The summed E-state index contributed by atoms with van der Waals surface area (Å²) >= 11 is 0. The summed E-state index contributed by atoms with van der Waals surface area (Å²) in [6, 6.07) is 11.3. The number of aromatic nitrogens is 2. The molecule has 0 spiro atoms. The summed E-state index contributed by atoms with van der Waals surface area (Å²) in [7, 11) is 3.15. The maximum atomic E-state index is 12.8. The molecule has 7 nitrogen and oxygen atoms in total. The van der Waals surface area contributed by atoms with Crippen molar-refractivity contribution in [2.45, 2.75) is 6.10 Å². The smallest absolute Gasteiger partial charge is 0.256 e. The number of ether oxygens (including phenoxy) is 2. The topological polar surface area (TPSA) is 67.8 Å². The van der Waals surface area contributed by atoms with Gasteiger partial charge in [-0.2, -0.15) is 4.98 Å². The third-order valence-corrected chi connectivity index (χ3v) is 4.26. The molecule has 1 aromatic heterocycles. The zero-order valence-electron chi connectivity index (χ0n) is 14.5. The van der Waals surface area contributed by atoms with Gasteiger partial charge in [0.1, 0.15) is 0 Å². The van der Waals surface area contributed by atoms with E-state index in [1.165, 1.54) is 0 Å². The largest absolute Gasteiger partial charge is 0.481 e. The summed E-state index contributed by atoms with van der Waals surface area (Å²) in [4.78, 5) is 25.3. The molecule has 1 aliphatic rings. The van der Waals surface area contributed by atoms with Crippen molar-refractivity contribution < 1.29 is 14.3 Å². The molecule has 1 aromatic carbocycles. The normalized spacial score (nSPS) is 15.8. The Hall–Kier alpha value is -2.67. The Morgan fingerprint density at radius 2 is 1.80 bits per heavy atom. The summed E-state index contributed by atoms with van der Waals surface area (Å²) < 4.78 is 10.6. The van der Waals surface area contributed by atoms with Gasteiger partial charge in [0.2, 0.25) is 11.8 Å². The van der Waals surface area contributed by atoms with Crippen molar-refractivity contribution in [2.75, 3.05) is 45.3 Å². The number of rotatable bonds is 5. The minimum Gasteiger partial charge on any atom is -0.481 e. The molecule has 1 atom stereocenters. The van der Waals surface area contributed by atoms with Gasteiger partial charge in [0.15, 0.2) is 6.10 Å². The molecule has 0 radical (unpaired) electrons. The standard InChI is InChI=1S/C18H22N4O3/c1-24-15-8-9-19-18(20-15)22-12-10-21(11-13-22)17(23)16(25-2)14-6-4-3-5-7-14/h3-9,16H,10-13H2,1-2H3/t16-/m0/s1. The number of benzene rings is 1. The Kier molecular flexibility index (Phi) is 5.45. The van der Waals surface area contributed by atoms with E-state index < -0.39 is 6.10 Å². The number of anilines is 1. The van der Waals surface area contributed by atoms with E-state index >= 15 is 0 Å². The molecule has 3 rings (SSSR count). The highest BCUT2D eigenvalue weighted by Crippen LogP contribution is 2.21. The fourth-order valence-electron chi connectivity index (χ4n) is 2.90. The second kappa shape index (κ2) is 7.94. The van der Waals surface area contributed by atoms with Crippen molar-refractivity contribution >= 4 is 11.9 Å². The Labute approximate surface area is 147 Å². The number of methoxy groups -OCH3 is 2. The van der Waals surface area contributed by atoms with E-state index in [0.29, 0.717) is 38.0 Å². The zero-order chi connectivity index (χ0) is 17.6. The monoisotopic (exact) mass is 342 g/mol. The van der Waals surface area contributed by atoms with Crippen LogP contribution in [0.3, 0.4) is 0 Å². The summed E-state index contributed by atoms with van der Waals surface area (Å²) in [6.45, 7) is 2.55. The van der Waals surface area contributed by atoms with Crippen molar-refractivity contribution in [3.8, 4) is 5.88 Å². The van der Waals surface area contributed by atoms with Crippen molar-refractivity contribution in [1.82, 2.24) is 14.9 Å². The van der Waals surface area contributed by atoms with Crippen LogP contribution in [0, 0.1) is 0 Å². The molecule has 1 saturated heterocycles. The van der Waals surface area contributed by atoms with Crippen LogP contribution in [0.25, 0.3) is 0 Å². The molecule has 1 aliphatic heterocycles. The Balaban J connectivity index is 1.64. The molecule has 1 amide bonds. The van der Waals surface area contributed by atoms with Crippen molar-refractivity contribution in [1.29, 1.82) is 0 Å². The van der Waals surface area contributed by atoms with Crippen molar-refractivity contribution in [3.05, 3.63) is 48.2 Å². The van der Waals surface area contributed by atoms with E-state index in [2.05, 4.69) is 14.9 Å². The molecular formula is C18H22N4O3. The Morgan fingerprint density at radius 1 is 1.08 bits per heavy atom. The van der Waals surface area contributed by atoms with Crippen LogP contribution >= 0.6 is 0 Å². The highest BCUT2D eigenvalue weighted by atomic mass is 16.5. The quantitative estimate of drug-likeness (QED) is 0.821. The van der Waals surface area contributed by atoms with Crippen molar-refractivity contribution in [3.63, 3.8) is 0 Å². The van der Waals surface area contributed by atoms with Gasteiger partial charge in [-0.3, -0.25) is 4.79 Å². The molecule has 0 saturated carbocycles. The number of carbonyl (C=O) groups excluding carboxylic acids is 1. The van der Waals surface area contributed by atoms with Crippen LogP contribution in [0.15, 0.2) is 42.6 Å². The zero-order valence-corrected chi connectivity index (χ0v) is 14.5. The summed E-state index contributed by atoms with van der Waals surface area (Å²) in [5.74, 6) is 1.14. The van der Waals surface area contributed by atoms with Gasteiger partial charge in [0, 0.05) is 45.6 Å². The second-order valence-electron chi connectivity index (χ2n) is 5.74. The number of piperazine rings is 1. The van der Waals surface area contributed by atoms with Crippen LogP contribution in [0.1, 0.15) is 11.7 Å². The highest BCUT2D eigenvalue weighted by molar-refractivity contribution is 5.82. The van der Waals surface area contributed by atoms with Gasteiger partial charge in [-0.25, -0.2) is 4.98 Å². The van der Waals surface area contributed by atoms with E-state index in [4.69, 9.17) is 9.47 Å². The van der Waals surface area contributed by atoms with Crippen LogP contribution < -0.4 is 9.64 Å². The van der Waals surface area contributed by atoms with Gasteiger partial charge in [-0.1, -0.05) is 30.3 Å². The average Bonchev–Trinajstić information content (AvgIpc) is 2.69. The number of amides is 1. The molecule has 2 heterocycles. The molecule has 1 fully saturated rings. The SMILES string of the molecule is COc1ccnc(N2CCN(C(=O)[C@@H](OC)c3ccccc3)CC2)n1. The van der Waals surface area contributed by atoms with Crippen LogP contribution in [-0.4, -0.2) is 61.2 Å². The predicted molar refractivity (Wildman–Crippen MR) is 93.6 cm³/mol. The minimum atomic E-state index is -0.569. The van der Waals surface area contributed by atoms with Crippen LogP contribution in [0.5, 0.6) is 5.88 Å². The number of hydrogen-bond donors (Lipinski definition) is 0. The van der Waals surface area contributed by atoms with Crippen LogP contribution in [0.2, 0.25) is 0 Å². The molecular weight excluding hydrogens is 320 g/mol. The first-order valence-electron chi connectivity index (χ1n) is 8.21. The van der Waals surface area contributed by atoms with Gasteiger partial charge in [0.05, 0.1) is 7.11 Å². The molecule has 132 valence electrons. The van der Waals surface area contributed by atoms with E-state index in [1.54, 1.807) is 26.5 Å². The number of hydrogen-bond acceptors (Lipinski definition) is 6. The Morgan fingerprint density at radius 3 is 2.44 bits per heavy atom. The average molecular weight is 342 g/mol. The molecule has 0 aliphatic carbocycles. The lowest BCUT2D eigenvalue weighted by atomic mass is 10.1. The summed E-state index contributed by atoms with van der Waals surface area (Å²) in [6.07, 6.45) is 1.11. The first-order chi connectivity index (χ1) is 12.2. The fraction of sp³-hybridized carbons (Fsp3) is 0.389. The molecule has 7 heteroatoms. The lowest BCUT2D eigenvalue weighted by molar-refractivity contribution is -0.142. The maximum Gasteiger partial charge on any atom is 0.256 e. The summed E-state index contributed by atoms with van der Waals surface area (Å²) in [5.41, 5.74) is 0.869. The van der Waals surface area contributed by atoms with E-state index in [-0.39, 0.29) is 5.91 Å². The van der Waals surface area contributed by atoms with Gasteiger partial charge in [-0.15, -0.1) is 0 Å². The third kappa shape index (κ3) is 3.88. The molecule has 0 bridgehead atoms.